The van der Waals surface area contributed by atoms with Crippen LogP contribution in [0.15, 0.2) is 164 Å². The van der Waals surface area contributed by atoms with Crippen molar-refractivity contribution in [2.45, 2.75) is 12.8 Å². The molecule has 1 aliphatic rings. The van der Waals surface area contributed by atoms with E-state index in [-0.39, 0.29) is 0 Å². The zero-order valence-electron chi connectivity index (χ0n) is 26.5. The number of aryl methyl sites for hydroxylation is 1. The van der Waals surface area contributed by atoms with E-state index in [0.717, 1.165) is 12.8 Å². The van der Waals surface area contributed by atoms with Gasteiger partial charge < -0.3 is 9.13 Å². The largest absolute Gasteiger partial charge is 0.310 e. The highest BCUT2D eigenvalue weighted by atomic mass is 15.0. The molecule has 0 saturated carbocycles. The number of aromatic nitrogens is 2. The van der Waals surface area contributed by atoms with Gasteiger partial charge in [-0.1, -0.05) is 115 Å². The van der Waals surface area contributed by atoms with Gasteiger partial charge in [0.25, 0.3) is 0 Å². The molecule has 48 heavy (non-hydrogen) atoms. The topological polar surface area (TPSA) is 9.86 Å². The first-order valence-corrected chi connectivity index (χ1v) is 16.8. The predicted octanol–water partition coefficient (Wildman–Crippen LogP) is 12.2. The molecule has 0 spiro atoms. The van der Waals surface area contributed by atoms with Crippen molar-refractivity contribution in [3.05, 3.63) is 175 Å². The zero-order valence-corrected chi connectivity index (χ0v) is 26.5. The summed E-state index contributed by atoms with van der Waals surface area (Å²) in [6.45, 7) is 0. The van der Waals surface area contributed by atoms with Crippen LogP contribution in [-0.2, 0) is 6.42 Å². The summed E-state index contributed by atoms with van der Waals surface area (Å²) in [6, 6.07) is 57.8. The van der Waals surface area contributed by atoms with Crippen molar-refractivity contribution in [1.29, 1.82) is 0 Å². The maximum Gasteiger partial charge on any atom is 0.0541 e. The Morgan fingerprint density at radius 2 is 1.06 bits per heavy atom. The third kappa shape index (κ3) is 4.13. The van der Waals surface area contributed by atoms with E-state index in [2.05, 4.69) is 179 Å². The summed E-state index contributed by atoms with van der Waals surface area (Å²) >= 11 is 0. The fourth-order valence-electron chi connectivity index (χ4n) is 7.96. The monoisotopic (exact) mass is 612 g/mol. The molecule has 0 N–H and O–H groups in total. The van der Waals surface area contributed by atoms with Gasteiger partial charge in [-0.3, -0.25) is 0 Å². The minimum Gasteiger partial charge on any atom is -0.310 e. The van der Waals surface area contributed by atoms with Crippen molar-refractivity contribution in [2.75, 3.05) is 0 Å². The molecular weight excluding hydrogens is 581 g/mol. The van der Waals surface area contributed by atoms with E-state index < -0.39 is 0 Å². The van der Waals surface area contributed by atoms with Crippen LogP contribution in [0.1, 0.15) is 17.7 Å². The quantitative estimate of drug-likeness (QED) is 0.187. The molecule has 2 aromatic heterocycles. The van der Waals surface area contributed by atoms with Crippen molar-refractivity contribution in [1.82, 2.24) is 9.13 Å². The molecule has 7 aromatic carbocycles. The second kappa shape index (κ2) is 10.7. The summed E-state index contributed by atoms with van der Waals surface area (Å²) in [5.74, 6) is 0. The minimum atomic E-state index is 1.05. The first kappa shape index (κ1) is 27.0. The van der Waals surface area contributed by atoms with E-state index in [1.807, 2.05) is 0 Å². The third-order valence-electron chi connectivity index (χ3n) is 10.2. The van der Waals surface area contributed by atoms with E-state index >= 15 is 0 Å². The molecular formula is C46H32N2. The third-order valence-corrected chi connectivity index (χ3v) is 10.2. The average molecular weight is 613 g/mol. The smallest absolute Gasteiger partial charge is 0.0541 e. The molecule has 0 radical (unpaired) electrons. The second-order valence-electron chi connectivity index (χ2n) is 12.9. The summed E-state index contributed by atoms with van der Waals surface area (Å²) in [7, 11) is 0. The van der Waals surface area contributed by atoms with Crippen LogP contribution in [-0.4, -0.2) is 9.13 Å². The lowest BCUT2D eigenvalue weighted by Crippen LogP contribution is -2.00. The van der Waals surface area contributed by atoms with E-state index in [4.69, 9.17) is 0 Å². The SMILES string of the molecule is C1=Cc2c(c3cc(-c4ccc5c(c4)c4ccccc4n5-c4cccc5ccccc45)ccc3n2-c2cccc(-c3ccccc3)c2)CC1. The maximum absolute atomic E-state index is 2.46. The summed E-state index contributed by atoms with van der Waals surface area (Å²) < 4.78 is 4.89. The normalized spacial score (nSPS) is 12.8. The number of hydrogen-bond donors (Lipinski definition) is 0. The van der Waals surface area contributed by atoms with Crippen LogP contribution in [0.3, 0.4) is 0 Å². The number of rotatable bonds is 4. The van der Waals surface area contributed by atoms with E-state index in [9.17, 15) is 0 Å². The van der Waals surface area contributed by atoms with Gasteiger partial charge in [0.05, 0.1) is 22.2 Å². The summed E-state index contributed by atoms with van der Waals surface area (Å²) in [4.78, 5) is 0. The molecule has 0 bridgehead atoms. The highest BCUT2D eigenvalue weighted by Crippen LogP contribution is 2.40. The number of nitrogens with zero attached hydrogens (tertiary/aromatic N) is 2. The van der Waals surface area contributed by atoms with Crippen molar-refractivity contribution >= 4 is 49.6 Å². The van der Waals surface area contributed by atoms with Gasteiger partial charge in [-0.05, 0) is 101 Å². The average Bonchev–Trinajstić information content (AvgIpc) is 3.67. The molecule has 9 aromatic rings. The lowest BCUT2D eigenvalue weighted by molar-refractivity contribution is 0.968. The van der Waals surface area contributed by atoms with Crippen molar-refractivity contribution in [3.8, 4) is 33.6 Å². The van der Waals surface area contributed by atoms with Crippen molar-refractivity contribution < 1.29 is 0 Å². The fraction of sp³-hybridized carbons (Fsp3) is 0.0435. The molecule has 0 fully saturated rings. The molecule has 0 atom stereocenters. The van der Waals surface area contributed by atoms with Crippen LogP contribution in [0.5, 0.6) is 0 Å². The Balaban J connectivity index is 1.15. The summed E-state index contributed by atoms with van der Waals surface area (Å²) in [6.07, 6.45) is 6.76. The van der Waals surface area contributed by atoms with Crippen molar-refractivity contribution in [3.63, 3.8) is 0 Å². The molecule has 2 nitrogen and oxygen atoms in total. The maximum atomic E-state index is 2.46. The minimum absolute atomic E-state index is 1.05. The zero-order chi connectivity index (χ0) is 31.6. The second-order valence-corrected chi connectivity index (χ2v) is 12.9. The van der Waals surface area contributed by atoms with Gasteiger partial charge in [0, 0.05) is 32.9 Å². The lowest BCUT2D eigenvalue weighted by atomic mass is 9.97. The highest BCUT2D eigenvalue weighted by molar-refractivity contribution is 6.12. The van der Waals surface area contributed by atoms with E-state index in [1.165, 1.54) is 88.4 Å². The number of benzene rings is 7. The van der Waals surface area contributed by atoms with Gasteiger partial charge in [0.15, 0.2) is 0 Å². The van der Waals surface area contributed by atoms with Crippen LogP contribution in [0.25, 0.3) is 83.2 Å². The highest BCUT2D eigenvalue weighted by Gasteiger charge is 2.20. The number of para-hydroxylation sites is 1. The molecule has 2 heterocycles. The molecule has 2 heteroatoms. The molecule has 1 aliphatic carbocycles. The van der Waals surface area contributed by atoms with E-state index in [1.54, 1.807) is 0 Å². The Morgan fingerprint density at radius 1 is 0.417 bits per heavy atom. The molecule has 0 unspecified atom stereocenters. The fourth-order valence-corrected chi connectivity index (χ4v) is 7.96. The molecule has 0 saturated heterocycles. The van der Waals surface area contributed by atoms with Crippen LogP contribution < -0.4 is 0 Å². The Labute approximate surface area is 279 Å². The Morgan fingerprint density at radius 3 is 1.94 bits per heavy atom. The Kier molecular flexibility index (Phi) is 6.04. The number of hydrogen-bond acceptors (Lipinski definition) is 0. The van der Waals surface area contributed by atoms with Crippen LogP contribution in [0.4, 0.5) is 0 Å². The first-order valence-electron chi connectivity index (χ1n) is 16.8. The van der Waals surface area contributed by atoms with Crippen LogP contribution >= 0.6 is 0 Å². The van der Waals surface area contributed by atoms with Gasteiger partial charge in [-0.2, -0.15) is 0 Å². The molecule has 226 valence electrons. The number of allylic oxidation sites excluding steroid dienone is 1. The van der Waals surface area contributed by atoms with Gasteiger partial charge >= 0.3 is 0 Å². The predicted molar refractivity (Wildman–Crippen MR) is 203 cm³/mol. The standard InChI is InChI=1S/C46H32N2/c1-2-12-31(13-3-1)33-16-10-17-36(28-33)47-43-21-8-6-19-38(43)40-29-34(24-26-45(40)47)35-25-27-46-41(30-35)39-20-7-9-22-44(39)48(46)42-23-11-15-32-14-4-5-18-37(32)42/h1-5,7-18,20-30H,6,19H2. The summed E-state index contributed by atoms with van der Waals surface area (Å²) in [5.41, 5.74) is 13.8. The van der Waals surface area contributed by atoms with Crippen LogP contribution in [0, 0.1) is 0 Å². The Bertz CT molecular complexity index is 2720. The van der Waals surface area contributed by atoms with Crippen molar-refractivity contribution in [2.24, 2.45) is 0 Å². The molecule has 0 aliphatic heterocycles. The van der Waals surface area contributed by atoms with Crippen LogP contribution in [0.2, 0.25) is 0 Å². The van der Waals surface area contributed by atoms with Gasteiger partial charge in [0.2, 0.25) is 0 Å². The summed E-state index contributed by atoms with van der Waals surface area (Å²) in [5, 5.41) is 6.40. The Hall–Kier alpha value is -6.12. The number of fused-ring (bicyclic) bond motifs is 7. The van der Waals surface area contributed by atoms with Gasteiger partial charge in [0.1, 0.15) is 0 Å². The van der Waals surface area contributed by atoms with Gasteiger partial charge in [-0.15, -0.1) is 0 Å². The molecule has 0 amide bonds. The first-order chi connectivity index (χ1) is 23.8. The van der Waals surface area contributed by atoms with E-state index in [0.29, 0.717) is 0 Å². The lowest BCUT2D eigenvalue weighted by Gasteiger charge is -2.13. The van der Waals surface area contributed by atoms with Gasteiger partial charge in [-0.25, -0.2) is 0 Å². The molecule has 10 rings (SSSR count).